The number of carbonyl (C=O) groups excluding carboxylic acids is 1. The van der Waals surface area contributed by atoms with Crippen molar-refractivity contribution < 1.29 is 9.53 Å². The topological polar surface area (TPSA) is 76.1 Å². The van der Waals surface area contributed by atoms with Crippen molar-refractivity contribution in [3.63, 3.8) is 0 Å². The molecule has 0 aliphatic carbocycles. The predicted molar refractivity (Wildman–Crippen MR) is 67.2 cm³/mol. The van der Waals surface area contributed by atoms with E-state index in [2.05, 4.69) is 20.8 Å². The van der Waals surface area contributed by atoms with E-state index in [0.29, 0.717) is 6.54 Å². The summed E-state index contributed by atoms with van der Waals surface area (Å²) in [5.74, 6) is 0. The first-order chi connectivity index (χ1) is 7.87. The van der Waals surface area contributed by atoms with E-state index in [9.17, 15) is 4.79 Å². The van der Waals surface area contributed by atoms with Crippen LogP contribution in [-0.2, 0) is 4.74 Å². The Morgan fingerprint density at radius 1 is 1.59 bits per heavy atom. The van der Waals surface area contributed by atoms with Gasteiger partial charge in [0, 0.05) is 12.6 Å². The first-order valence-corrected chi connectivity index (χ1v) is 6.24. The Morgan fingerprint density at radius 3 is 2.82 bits per heavy atom. The zero-order valence-corrected chi connectivity index (χ0v) is 11.3. The molecular weight excluding hydrogens is 240 g/mol. The summed E-state index contributed by atoms with van der Waals surface area (Å²) >= 11 is 1.42. The highest BCUT2D eigenvalue weighted by atomic mass is 32.1. The highest BCUT2D eigenvalue weighted by Gasteiger charge is 2.16. The van der Waals surface area contributed by atoms with Crippen molar-refractivity contribution in [2.45, 2.75) is 39.3 Å². The van der Waals surface area contributed by atoms with Crippen LogP contribution in [0.2, 0.25) is 0 Å². The van der Waals surface area contributed by atoms with E-state index in [-0.39, 0.29) is 6.04 Å². The van der Waals surface area contributed by atoms with Crippen molar-refractivity contribution >= 4 is 22.6 Å². The number of ether oxygens (including phenoxy) is 1. The molecule has 0 radical (unpaired) electrons. The highest BCUT2D eigenvalue weighted by Crippen LogP contribution is 2.09. The average molecular weight is 258 g/mol. The van der Waals surface area contributed by atoms with Crippen LogP contribution in [0.4, 0.5) is 9.93 Å². The molecule has 0 saturated carbocycles. The highest BCUT2D eigenvalue weighted by molar-refractivity contribution is 7.13. The first-order valence-electron chi connectivity index (χ1n) is 5.36. The quantitative estimate of drug-likeness (QED) is 0.862. The molecule has 7 heteroatoms. The van der Waals surface area contributed by atoms with Crippen LogP contribution in [0.3, 0.4) is 0 Å². The number of aromatic nitrogens is 2. The Morgan fingerprint density at radius 2 is 2.29 bits per heavy atom. The Labute approximate surface area is 105 Å². The van der Waals surface area contributed by atoms with Crippen LogP contribution < -0.4 is 10.6 Å². The number of nitrogens with zero attached hydrogens (tertiary/aromatic N) is 2. The summed E-state index contributed by atoms with van der Waals surface area (Å²) in [6, 6.07) is 0.0652. The molecule has 1 atom stereocenters. The lowest BCUT2D eigenvalue weighted by atomic mass is 10.2. The lowest BCUT2D eigenvalue weighted by Gasteiger charge is -2.21. The Bertz CT molecular complexity index is 348. The van der Waals surface area contributed by atoms with Crippen molar-refractivity contribution in [3.05, 3.63) is 5.51 Å². The van der Waals surface area contributed by atoms with Crippen LogP contribution in [0.25, 0.3) is 0 Å². The maximum Gasteiger partial charge on any atom is 0.407 e. The molecule has 1 unspecified atom stereocenters. The molecule has 1 aromatic heterocycles. The molecule has 0 aromatic carbocycles. The number of rotatable bonds is 4. The van der Waals surface area contributed by atoms with Crippen molar-refractivity contribution in [1.29, 1.82) is 0 Å². The Kier molecular flexibility index (Phi) is 4.68. The summed E-state index contributed by atoms with van der Waals surface area (Å²) in [4.78, 5) is 11.4. The van der Waals surface area contributed by atoms with E-state index in [1.165, 1.54) is 11.3 Å². The van der Waals surface area contributed by atoms with Crippen LogP contribution in [-0.4, -0.2) is 34.5 Å². The standard InChI is InChI=1S/C10H18N4O2S/c1-7(13-8-14-12-6-17-8)5-11-9(15)16-10(2,3)4/h6-7H,5H2,1-4H3,(H,11,15)(H,13,14). The number of carbonyl (C=O) groups is 1. The Hall–Kier alpha value is -1.37. The minimum atomic E-state index is -0.472. The van der Waals surface area contributed by atoms with E-state index in [4.69, 9.17) is 4.74 Å². The van der Waals surface area contributed by atoms with E-state index in [0.717, 1.165) is 5.13 Å². The summed E-state index contributed by atoms with van der Waals surface area (Å²) in [6.45, 7) is 7.90. The number of alkyl carbamates (subject to hydrolysis) is 1. The van der Waals surface area contributed by atoms with Crippen molar-refractivity contribution in [2.75, 3.05) is 11.9 Å². The van der Waals surface area contributed by atoms with Gasteiger partial charge >= 0.3 is 6.09 Å². The third-order valence-corrected chi connectivity index (χ3v) is 2.30. The fraction of sp³-hybridized carbons (Fsp3) is 0.700. The summed E-state index contributed by atoms with van der Waals surface area (Å²) in [6.07, 6.45) is -0.414. The van der Waals surface area contributed by atoms with Gasteiger partial charge in [0.25, 0.3) is 0 Å². The lowest BCUT2D eigenvalue weighted by Crippen LogP contribution is -2.38. The molecule has 0 spiro atoms. The third-order valence-electron chi connectivity index (χ3n) is 1.68. The second-order valence-electron chi connectivity index (χ2n) is 4.67. The van der Waals surface area contributed by atoms with Gasteiger partial charge in [-0.15, -0.1) is 10.2 Å². The monoisotopic (exact) mass is 258 g/mol. The second-order valence-corrected chi connectivity index (χ2v) is 5.51. The molecule has 1 rings (SSSR count). The first kappa shape index (κ1) is 13.7. The summed E-state index contributed by atoms with van der Waals surface area (Å²) in [5.41, 5.74) is 1.18. The zero-order chi connectivity index (χ0) is 12.9. The lowest BCUT2D eigenvalue weighted by molar-refractivity contribution is 0.0526. The van der Waals surface area contributed by atoms with Crippen LogP contribution >= 0.6 is 11.3 Å². The molecule has 2 N–H and O–H groups in total. The number of nitrogens with one attached hydrogen (secondary N) is 2. The fourth-order valence-electron chi connectivity index (χ4n) is 1.05. The van der Waals surface area contributed by atoms with Gasteiger partial charge in [-0.3, -0.25) is 0 Å². The summed E-state index contributed by atoms with van der Waals surface area (Å²) in [7, 11) is 0. The van der Waals surface area contributed by atoms with Gasteiger partial charge in [0.05, 0.1) is 0 Å². The van der Waals surface area contributed by atoms with Crippen molar-refractivity contribution in [1.82, 2.24) is 15.5 Å². The number of amides is 1. The van der Waals surface area contributed by atoms with E-state index in [1.54, 1.807) is 5.51 Å². The summed E-state index contributed by atoms with van der Waals surface area (Å²) < 4.78 is 5.12. The third kappa shape index (κ3) is 6.06. The van der Waals surface area contributed by atoms with Gasteiger partial charge in [-0.2, -0.15) is 0 Å². The number of hydrogen-bond acceptors (Lipinski definition) is 6. The SMILES string of the molecule is CC(CNC(=O)OC(C)(C)C)Nc1nncs1. The zero-order valence-electron chi connectivity index (χ0n) is 10.5. The normalized spacial score (nSPS) is 12.9. The van der Waals surface area contributed by atoms with Crippen LogP contribution in [0.15, 0.2) is 5.51 Å². The van der Waals surface area contributed by atoms with Gasteiger partial charge in [-0.1, -0.05) is 11.3 Å². The molecule has 1 amide bonds. The van der Waals surface area contributed by atoms with Crippen molar-refractivity contribution in [2.24, 2.45) is 0 Å². The summed E-state index contributed by atoms with van der Waals surface area (Å²) in [5, 5.41) is 14.1. The van der Waals surface area contributed by atoms with Gasteiger partial charge in [-0.05, 0) is 27.7 Å². The maximum absolute atomic E-state index is 11.4. The minimum absolute atomic E-state index is 0.0652. The maximum atomic E-state index is 11.4. The largest absolute Gasteiger partial charge is 0.444 e. The predicted octanol–water partition coefficient (Wildman–Crippen LogP) is 1.86. The molecule has 0 fully saturated rings. The molecule has 1 heterocycles. The van der Waals surface area contributed by atoms with Gasteiger partial charge in [-0.25, -0.2) is 4.79 Å². The van der Waals surface area contributed by atoms with Gasteiger partial charge in [0.2, 0.25) is 5.13 Å². The van der Waals surface area contributed by atoms with Gasteiger partial charge in [0.15, 0.2) is 0 Å². The van der Waals surface area contributed by atoms with E-state index in [1.807, 2.05) is 27.7 Å². The molecule has 0 aliphatic rings. The van der Waals surface area contributed by atoms with E-state index >= 15 is 0 Å². The van der Waals surface area contributed by atoms with Crippen LogP contribution in [0, 0.1) is 0 Å². The smallest absolute Gasteiger partial charge is 0.407 e. The van der Waals surface area contributed by atoms with E-state index < -0.39 is 11.7 Å². The Balaban J connectivity index is 2.24. The number of hydrogen-bond donors (Lipinski definition) is 2. The molecule has 17 heavy (non-hydrogen) atoms. The van der Waals surface area contributed by atoms with Gasteiger partial charge in [0.1, 0.15) is 11.1 Å². The van der Waals surface area contributed by atoms with Gasteiger partial charge < -0.3 is 15.4 Å². The number of anilines is 1. The fourth-order valence-corrected chi connectivity index (χ4v) is 1.61. The average Bonchev–Trinajstić information content (AvgIpc) is 2.64. The minimum Gasteiger partial charge on any atom is -0.444 e. The van der Waals surface area contributed by atoms with Crippen LogP contribution in [0.1, 0.15) is 27.7 Å². The molecule has 0 bridgehead atoms. The molecule has 1 aromatic rings. The molecule has 0 saturated heterocycles. The second kappa shape index (κ2) is 5.81. The van der Waals surface area contributed by atoms with Crippen molar-refractivity contribution in [3.8, 4) is 0 Å². The molecule has 0 aliphatic heterocycles. The van der Waals surface area contributed by atoms with Crippen LogP contribution in [0.5, 0.6) is 0 Å². The molecular formula is C10H18N4O2S. The molecule has 96 valence electrons. The molecule has 6 nitrogen and oxygen atoms in total.